The smallest absolute Gasteiger partial charge is 0.548 e. The van der Waals surface area contributed by atoms with Gasteiger partial charge in [-0.3, -0.25) is 14.6 Å². The summed E-state index contributed by atoms with van der Waals surface area (Å²) in [6, 6.07) is 20.8. The third kappa shape index (κ3) is 6.27. The van der Waals surface area contributed by atoms with Crippen LogP contribution in [0.4, 0.5) is 10.5 Å². The van der Waals surface area contributed by atoms with Crippen LogP contribution in [0.25, 0.3) is 10.9 Å². The molecule has 0 radical (unpaired) electrons. The van der Waals surface area contributed by atoms with Crippen LogP contribution in [-0.2, 0) is 17.9 Å². The third-order valence-corrected chi connectivity index (χ3v) is 6.22. The van der Waals surface area contributed by atoms with Crippen LogP contribution < -0.4 is 49.0 Å². The fourth-order valence-corrected chi connectivity index (χ4v) is 4.43. The number of para-hydroxylation sites is 1. The predicted octanol–water partition coefficient (Wildman–Crippen LogP) is 0.620. The molecule has 0 atom stereocenters. The first-order chi connectivity index (χ1) is 18.2. The number of carboxylic acids is 1. The van der Waals surface area contributed by atoms with Gasteiger partial charge >= 0.3 is 35.6 Å². The summed E-state index contributed by atoms with van der Waals surface area (Å²) in [6.45, 7) is 1.46. The van der Waals surface area contributed by atoms with Gasteiger partial charge in [-0.25, -0.2) is 4.79 Å². The number of aryl methyl sites for hydroxylation is 1. The van der Waals surface area contributed by atoms with Crippen molar-refractivity contribution in [1.29, 1.82) is 0 Å². The fourth-order valence-electron chi connectivity index (χ4n) is 4.43. The summed E-state index contributed by atoms with van der Waals surface area (Å²) in [5, 5.41) is 12.2. The molecule has 0 fully saturated rings. The van der Waals surface area contributed by atoms with Gasteiger partial charge in [-0.15, -0.1) is 0 Å². The van der Waals surface area contributed by atoms with Crippen molar-refractivity contribution in [2.75, 3.05) is 26.2 Å². The monoisotopic (exact) mass is 537 g/mol. The number of aromatic nitrogens is 1. The molecule has 0 aliphatic carbocycles. The Labute approximate surface area is 248 Å². The van der Waals surface area contributed by atoms with Crippen LogP contribution in [0.3, 0.4) is 0 Å². The van der Waals surface area contributed by atoms with Crippen molar-refractivity contribution >= 4 is 34.5 Å². The number of carbonyl (C=O) groups excluding carboxylic acids is 3. The predicted molar refractivity (Wildman–Crippen MR) is 141 cm³/mol. The van der Waals surface area contributed by atoms with Crippen molar-refractivity contribution in [3.63, 3.8) is 0 Å². The maximum Gasteiger partial charge on any atom is 1.00 e. The molecule has 0 aliphatic heterocycles. The summed E-state index contributed by atoms with van der Waals surface area (Å²) in [7, 11) is 4.35. The van der Waals surface area contributed by atoms with Gasteiger partial charge in [-0.2, -0.15) is 0 Å². The van der Waals surface area contributed by atoms with E-state index in [1.54, 1.807) is 42.5 Å². The van der Waals surface area contributed by atoms with Gasteiger partial charge in [-0.05, 0) is 42.3 Å². The number of fused-ring (bicyclic) bond motifs is 1. The van der Waals surface area contributed by atoms with Gasteiger partial charge < -0.3 is 23.9 Å². The summed E-state index contributed by atoms with van der Waals surface area (Å²) in [4.78, 5) is 41.6. The van der Waals surface area contributed by atoms with Gasteiger partial charge in [0.15, 0.2) is 0 Å². The van der Waals surface area contributed by atoms with E-state index >= 15 is 0 Å². The number of hydrogen-bond acceptors (Lipinski definition) is 6. The number of imide groups is 1. The normalized spacial score (nSPS) is 10.5. The molecule has 39 heavy (non-hydrogen) atoms. The van der Waals surface area contributed by atoms with E-state index in [0.717, 1.165) is 16.0 Å². The van der Waals surface area contributed by atoms with Gasteiger partial charge in [0.25, 0.3) is 5.91 Å². The van der Waals surface area contributed by atoms with E-state index in [9.17, 15) is 19.5 Å². The molecule has 9 nitrogen and oxygen atoms in total. The topological polar surface area (TPSA) is 104 Å². The molecule has 0 saturated carbocycles. The van der Waals surface area contributed by atoms with Crippen LogP contribution >= 0.6 is 0 Å². The van der Waals surface area contributed by atoms with Crippen molar-refractivity contribution in [3.8, 4) is 11.5 Å². The number of hydrogen-bond donors (Lipinski definition) is 0. The van der Waals surface area contributed by atoms with Crippen molar-refractivity contribution in [3.05, 3.63) is 89.6 Å². The van der Waals surface area contributed by atoms with Crippen molar-refractivity contribution in [1.82, 2.24) is 9.47 Å². The molecule has 0 unspecified atom stereocenters. The second kappa shape index (κ2) is 12.8. The Kier molecular flexibility index (Phi) is 9.80. The van der Waals surface area contributed by atoms with Crippen LogP contribution in [0, 0.1) is 6.92 Å². The SMILES string of the molecule is COc1cc(C)cc(OC)c1N(Cc1ccccc1)C(=O)N(C)C(=O)c1cc2ccccc2n1CC(=O)[O-].[Na+]. The molecule has 196 valence electrons. The van der Waals surface area contributed by atoms with E-state index in [1.807, 2.05) is 37.3 Å². The first-order valence-corrected chi connectivity index (χ1v) is 11.9. The van der Waals surface area contributed by atoms with Crippen molar-refractivity contribution < 1.29 is 58.5 Å². The average Bonchev–Trinajstić information content (AvgIpc) is 3.28. The zero-order valence-electron chi connectivity index (χ0n) is 22.6. The van der Waals surface area contributed by atoms with E-state index in [-0.39, 0.29) is 41.8 Å². The molecule has 0 bridgehead atoms. The van der Waals surface area contributed by atoms with E-state index in [0.29, 0.717) is 28.1 Å². The first-order valence-electron chi connectivity index (χ1n) is 11.9. The van der Waals surface area contributed by atoms with E-state index in [4.69, 9.17) is 9.47 Å². The molecule has 0 N–H and O–H groups in total. The van der Waals surface area contributed by atoms with Crippen LogP contribution in [0.5, 0.6) is 11.5 Å². The van der Waals surface area contributed by atoms with Crippen LogP contribution in [-0.4, -0.2) is 48.6 Å². The molecule has 0 aliphatic rings. The first kappa shape index (κ1) is 29.8. The van der Waals surface area contributed by atoms with E-state index in [2.05, 4.69) is 0 Å². The maximum atomic E-state index is 14.0. The molecule has 4 aromatic rings. The Bertz CT molecular complexity index is 1480. The maximum absolute atomic E-state index is 14.0. The Hall–Kier alpha value is -3.79. The largest absolute Gasteiger partial charge is 1.00 e. The number of carbonyl (C=O) groups is 3. The molecule has 1 heterocycles. The van der Waals surface area contributed by atoms with Gasteiger partial charge in [0.1, 0.15) is 22.9 Å². The number of carboxylic acid groups (broad SMARTS) is 1. The van der Waals surface area contributed by atoms with Crippen molar-refractivity contribution in [2.45, 2.75) is 20.0 Å². The van der Waals surface area contributed by atoms with Crippen LogP contribution in [0.2, 0.25) is 0 Å². The molecule has 3 aromatic carbocycles. The van der Waals surface area contributed by atoms with Crippen LogP contribution in [0.15, 0.2) is 72.8 Å². The molecular formula is C29H28N3NaO6. The van der Waals surface area contributed by atoms with Gasteiger partial charge in [0.2, 0.25) is 0 Å². The number of benzene rings is 3. The van der Waals surface area contributed by atoms with Crippen molar-refractivity contribution in [2.24, 2.45) is 0 Å². The quantitative estimate of drug-likeness (QED) is 0.306. The minimum atomic E-state index is -1.35. The van der Waals surface area contributed by atoms with Gasteiger partial charge in [0.05, 0.1) is 33.3 Å². The molecule has 1 aromatic heterocycles. The summed E-state index contributed by atoms with van der Waals surface area (Å²) in [5.74, 6) is -1.22. The van der Waals surface area contributed by atoms with Crippen LogP contribution in [0.1, 0.15) is 21.6 Å². The second-order valence-corrected chi connectivity index (χ2v) is 8.78. The fraction of sp³-hybridized carbons (Fsp3) is 0.207. The zero-order chi connectivity index (χ0) is 27.4. The number of anilines is 1. The summed E-state index contributed by atoms with van der Waals surface area (Å²) < 4.78 is 12.6. The Balaban J connectivity index is 0.00000420. The average molecular weight is 538 g/mol. The Morgan fingerprint density at radius 3 is 2.08 bits per heavy atom. The molecule has 10 heteroatoms. The number of aliphatic carboxylic acids is 1. The summed E-state index contributed by atoms with van der Waals surface area (Å²) >= 11 is 0. The summed E-state index contributed by atoms with van der Waals surface area (Å²) in [6.07, 6.45) is 0. The van der Waals surface area contributed by atoms with Gasteiger partial charge in [-0.1, -0.05) is 48.5 Å². The molecule has 0 saturated heterocycles. The Morgan fingerprint density at radius 1 is 0.897 bits per heavy atom. The third-order valence-electron chi connectivity index (χ3n) is 6.22. The number of methoxy groups -OCH3 is 2. The van der Waals surface area contributed by atoms with E-state index in [1.165, 1.54) is 30.7 Å². The van der Waals surface area contributed by atoms with Gasteiger partial charge in [0, 0.05) is 18.0 Å². The number of rotatable bonds is 8. The standard InChI is InChI=1S/C29H29N3O6.Na/c1-19-14-24(37-3)27(25(15-19)38-4)32(17-20-10-6-5-7-11-20)29(36)30(2)28(35)23-16-21-12-8-9-13-22(21)31(23)18-26(33)34;/h5-16H,17-18H2,1-4H3,(H,33,34);/q;+1/p-1. The summed E-state index contributed by atoms with van der Waals surface area (Å²) in [5.41, 5.74) is 2.64. The number of ether oxygens (including phenoxy) is 2. The second-order valence-electron chi connectivity index (χ2n) is 8.78. The molecular weight excluding hydrogens is 509 g/mol. The molecule has 0 spiro atoms. The Morgan fingerprint density at radius 2 is 1.49 bits per heavy atom. The number of urea groups is 1. The molecule has 4 rings (SSSR count). The zero-order valence-corrected chi connectivity index (χ0v) is 24.6. The van der Waals surface area contributed by atoms with E-state index < -0.39 is 24.5 Å². The number of nitrogens with zero attached hydrogens (tertiary/aromatic N) is 3. The minimum Gasteiger partial charge on any atom is -0.548 e. The minimum absolute atomic E-state index is 0. The number of amides is 3. The molecule has 3 amide bonds.